The quantitative estimate of drug-likeness (QED) is 0.711. The molecule has 1 saturated heterocycles. The second kappa shape index (κ2) is 9.64. The average Bonchev–Trinajstić information content (AvgIpc) is 2.73. The van der Waals surface area contributed by atoms with E-state index in [2.05, 4.69) is 68.7 Å². The molecule has 0 saturated carbocycles. The van der Waals surface area contributed by atoms with E-state index in [0.29, 0.717) is 12.0 Å². The third-order valence-electron chi connectivity index (χ3n) is 6.94. The zero-order valence-corrected chi connectivity index (χ0v) is 18.7. The Balaban J connectivity index is 1.74. The van der Waals surface area contributed by atoms with Crippen LogP contribution in [0.5, 0.6) is 11.5 Å². The minimum atomic E-state index is 0.261. The van der Waals surface area contributed by atoms with Crippen LogP contribution in [0.1, 0.15) is 31.4 Å². The van der Waals surface area contributed by atoms with Gasteiger partial charge in [-0.05, 0) is 30.2 Å². The van der Waals surface area contributed by atoms with Crippen molar-refractivity contribution in [2.45, 2.75) is 44.7 Å². The monoisotopic (exact) mass is 398 g/mol. The van der Waals surface area contributed by atoms with Gasteiger partial charge in [-0.15, -0.1) is 0 Å². The smallest absolute Gasteiger partial charge is 0.160 e. The molecule has 1 heterocycles. The molecule has 1 unspecified atom stereocenters. The van der Waals surface area contributed by atoms with Crippen molar-refractivity contribution in [3.8, 4) is 11.5 Å². The van der Waals surface area contributed by atoms with Gasteiger partial charge in [0.2, 0.25) is 0 Å². The first-order valence-corrected chi connectivity index (χ1v) is 10.9. The maximum absolute atomic E-state index is 5.48. The second-order valence-electron chi connectivity index (χ2n) is 8.88. The van der Waals surface area contributed by atoms with Crippen molar-refractivity contribution in [1.29, 1.82) is 0 Å². The van der Waals surface area contributed by atoms with Crippen molar-refractivity contribution in [3.63, 3.8) is 0 Å². The number of nitrogens with two attached hydrogens (primary N) is 1. The molecule has 2 aromatic carbocycles. The molecule has 3 N–H and O–H groups in total. The van der Waals surface area contributed by atoms with E-state index in [1.165, 1.54) is 24.1 Å². The topological polar surface area (TPSA) is 39.5 Å². The van der Waals surface area contributed by atoms with Gasteiger partial charge in [-0.2, -0.15) is 0 Å². The summed E-state index contributed by atoms with van der Waals surface area (Å²) in [5.74, 6) is 2.28. The summed E-state index contributed by atoms with van der Waals surface area (Å²) >= 11 is 0. The SMILES string of the molecule is COc1ccc(CC[NH2+][C@@]2(Cc3ccccc3)C[C@@H](C)[NH+](C)C[C@H]2C)cc1OC. The Morgan fingerprint density at radius 3 is 2.41 bits per heavy atom. The third-order valence-corrected chi connectivity index (χ3v) is 6.94. The number of rotatable bonds is 8. The third kappa shape index (κ3) is 5.12. The van der Waals surface area contributed by atoms with Gasteiger partial charge in [0.05, 0.1) is 52.7 Å². The first-order chi connectivity index (χ1) is 14.0. The normalized spacial score (nSPS) is 26.9. The Hall–Kier alpha value is -2.04. The lowest BCUT2D eigenvalue weighted by atomic mass is 9.72. The highest BCUT2D eigenvalue weighted by Crippen LogP contribution is 2.28. The van der Waals surface area contributed by atoms with E-state index in [4.69, 9.17) is 9.47 Å². The Morgan fingerprint density at radius 1 is 1.00 bits per heavy atom. The van der Waals surface area contributed by atoms with Gasteiger partial charge >= 0.3 is 0 Å². The number of ether oxygens (including phenoxy) is 2. The maximum Gasteiger partial charge on any atom is 0.160 e. The molecule has 4 nitrogen and oxygen atoms in total. The van der Waals surface area contributed by atoms with Crippen LogP contribution in [-0.2, 0) is 12.8 Å². The van der Waals surface area contributed by atoms with Gasteiger partial charge in [-0.25, -0.2) is 0 Å². The number of methoxy groups -OCH3 is 2. The van der Waals surface area contributed by atoms with Crippen LogP contribution in [0.3, 0.4) is 0 Å². The van der Waals surface area contributed by atoms with Crippen LogP contribution in [0.2, 0.25) is 0 Å². The second-order valence-corrected chi connectivity index (χ2v) is 8.88. The molecule has 1 aliphatic rings. The molecule has 0 amide bonds. The standard InChI is InChI=1S/C25H36N2O2/c1-19-18-27(3)20(2)16-25(19,17-22-9-7-6-8-10-22)26-14-13-21-11-12-23(28-4)24(15-21)29-5/h6-12,15,19-20,26H,13-14,16-18H2,1-5H3/p+2/t19-,20-,25-/m1/s1. The van der Waals surface area contributed by atoms with E-state index in [9.17, 15) is 0 Å². The minimum absolute atomic E-state index is 0.261. The van der Waals surface area contributed by atoms with E-state index >= 15 is 0 Å². The summed E-state index contributed by atoms with van der Waals surface area (Å²) in [4.78, 5) is 1.66. The van der Waals surface area contributed by atoms with Crippen molar-refractivity contribution >= 4 is 0 Å². The van der Waals surface area contributed by atoms with Gasteiger partial charge in [-0.1, -0.05) is 43.3 Å². The minimum Gasteiger partial charge on any atom is -0.493 e. The summed E-state index contributed by atoms with van der Waals surface area (Å²) in [5.41, 5.74) is 3.01. The molecule has 1 aliphatic heterocycles. The van der Waals surface area contributed by atoms with Crippen LogP contribution >= 0.6 is 0 Å². The van der Waals surface area contributed by atoms with Crippen LogP contribution in [0, 0.1) is 5.92 Å². The lowest BCUT2D eigenvalue weighted by Crippen LogP contribution is -3.18. The van der Waals surface area contributed by atoms with Crippen molar-refractivity contribution in [2.75, 3.05) is 34.4 Å². The van der Waals surface area contributed by atoms with Crippen LogP contribution in [0.15, 0.2) is 48.5 Å². The van der Waals surface area contributed by atoms with Gasteiger partial charge in [0.25, 0.3) is 0 Å². The molecule has 0 spiro atoms. The van der Waals surface area contributed by atoms with E-state index < -0.39 is 0 Å². The van der Waals surface area contributed by atoms with Crippen LogP contribution in [0.25, 0.3) is 0 Å². The number of hydrogen-bond donors (Lipinski definition) is 2. The largest absolute Gasteiger partial charge is 0.493 e. The van der Waals surface area contributed by atoms with Crippen molar-refractivity contribution in [1.82, 2.24) is 0 Å². The zero-order chi connectivity index (χ0) is 20.9. The molecule has 158 valence electrons. The van der Waals surface area contributed by atoms with Crippen LogP contribution in [-0.4, -0.2) is 45.9 Å². The molecule has 4 heteroatoms. The Morgan fingerprint density at radius 2 is 1.72 bits per heavy atom. The number of benzene rings is 2. The first kappa shape index (κ1) is 21.7. The Bertz CT molecular complexity index is 780. The Kier molecular flexibility index (Phi) is 7.20. The number of piperidine rings is 1. The molecule has 4 atom stereocenters. The predicted octanol–water partition coefficient (Wildman–Crippen LogP) is 1.73. The molecule has 0 bridgehead atoms. The average molecular weight is 399 g/mol. The van der Waals surface area contributed by atoms with Crippen molar-refractivity contribution in [3.05, 3.63) is 59.7 Å². The summed E-state index contributed by atoms with van der Waals surface area (Å²) in [6.45, 7) is 7.17. The summed E-state index contributed by atoms with van der Waals surface area (Å²) < 4.78 is 10.9. The highest BCUT2D eigenvalue weighted by Gasteiger charge is 2.48. The fraction of sp³-hybridized carbons (Fsp3) is 0.520. The Labute approximate surface area is 176 Å². The van der Waals surface area contributed by atoms with Crippen LogP contribution in [0.4, 0.5) is 0 Å². The van der Waals surface area contributed by atoms with E-state index in [-0.39, 0.29) is 5.54 Å². The fourth-order valence-corrected chi connectivity index (χ4v) is 4.97. The lowest BCUT2D eigenvalue weighted by molar-refractivity contribution is -0.928. The fourth-order valence-electron chi connectivity index (χ4n) is 4.97. The number of nitrogens with one attached hydrogen (secondary N) is 1. The summed E-state index contributed by atoms with van der Waals surface area (Å²) in [6.07, 6.45) is 3.42. The molecular weight excluding hydrogens is 360 g/mol. The highest BCUT2D eigenvalue weighted by atomic mass is 16.5. The van der Waals surface area contributed by atoms with Crippen molar-refractivity contribution < 1.29 is 19.7 Å². The van der Waals surface area contributed by atoms with E-state index in [1.807, 2.05) is 6.07 Å². The van der Waals surface area contributed by atoms with Gasteiger partial charge in [0.1, 0.15) is 5.54 Å². The predicted molar refractivity (Wildman–Crippen MR) is 118 cm³/mol. The summed E-state index contributed by atoms with van der Waals surface area (Å²) in [5, 5.41) is 2.64. The molecule has 0 radical (unpaired) electrons. The number of quaternary nitrogens is 2. The van der Waals surface area contributed by atoms with Gasteiger partial charge in [0, 0.05) is 12.8 Å². The molecular formula is C25H38N2O2+2. The van der Waals surface area contributed by atoms with E-state index in [0.717, 1.165) is 30.9 Å². The molecule has 0 aliphatic carbocycles. The summed E-state index contributed by atoms with van der Waals surface area (Å²) in [7, 11) is 5.73. The summed E-state index contributed by atoms with van der Waals surface area (Å²) in [6, 6.07) is 18.0. The first-order valence-electron chi connectivity index (χ1n) is 10.9. The molecule has 2 aromatic rings. The van der Waals surface area contributed by atoms with Gasteiger partial charge in [-0.3, -0.25) is 0 Å². The highest BCUT2D eigenvalue weighted by molar-refractivity contribution is 5.42. The zero-order valence-electron chi connectivity index (χ0n) is 18.7. The lowest BCUT2D eigenvalue weighted by Gasteiger charge is -2.45. The molecule has 1 fully saturated rings. The van der Waals surface area contributed by atoms with E-state index in [1.54, 1.807) is 19.1 Å². The number of likely N-dealkylation sites (tertiary alicyclic amines) is 1. The number of hydrogen-bond acceptors (Lipinski definition) is 2. The van der Waals surface area contributed by atoms with Crippen molar-refractivity contribution in [2.24, 2.45) is 5.92 Å². The van der Waals surface area contributed by atoms with Gasteiger partial charge in [0.15, 0.2) is 11.5 Å². The van der Waals surface area contributed by atoms with Crippen LogP contribution < -0.4 is 19.7 Å². The maximum atomic E-state index is 5.48. The molecule has 3 rings (SSSR count). The molecule has 29 heavy (non-hydrogen) atoms. The molecule has 0 aromatic heterocycles. The van der Waals surface area contributed by atoms with Gasteiger partial charge < -0.3 is 19.7 Å².